The fourth-order valence-corrected chi connectivity index (χ4v) is 1.97. The third kappa shape index (κ3) is 1.54. The van der Waals surface area contributed by atoms with E-state index in [-0.39, 0.29) is 0 Å². The molecule has 3 rings (SSSR count). The predicted octanol–water partition coefficient (Wildman–Crippen LogP) is 2.60. The monoisotopic (exact) mass is 234 g/mol. The molecule has 0 bridgehead atoms. The van der Waals surface area contributed by atoms with Crippen molar-refractivity contribution < 1.29 is 0 Å². The number of nitrogens with zero attached hydrogens (tertiary/aromatic N) is 4. The molecule has 0 aliphatic heterocycles. The quantitative estimate of drug-likeness (QED) is 0.650. The van der Waals surface area contributed by atoms with Crippen molar-refractivity contribution in [2.75, 3.05) is 0 Å². The van der Waals surface area contributed by atoms with Crippen LogP contribution >= 0.6 is 0 Å². The second-order valence-corrected chi connectivity index (χ2v) is 4.12. The van der Waals surface area contributed by atoms with Gasteiger partial charge in [0.15, 0.2) is 0 Å². The number of para-hydroxylation sites is 1. The molecule has 0 aliphatic carbocycles. The van der Waals surface area contributed by atoms with Gasteiger partial charge in [0.1, 0.15) is 11.6 Å². The van der Waals surface area contributed by atoms with Crippen molar-refractivity contribution in [2.45, 2.75) is 6.92 Å². The molecule has 2 aromatic carbocycles. The summed E-state index contributed by atoms with van der Waals surface area (Å²) in [6.45, 7) is 1.96. The van der Waals surface area contributed by atoms with Crippen LogP contribution in [0.2, 0.25) is 0 Å². The normalized spacial score (nSPS) is 10.4. The van der Waals surface area contributed by atoms with Crippen LogP contribution in [0.3, 0.4) is 0 Å². The standard InChI is InChI=1S/C14H10N4/c1-10-6-7-13(11(8-10)9-15)18-14-5-3-2-4-12(14)16-17-18/h2-8H,1H3. The van der Waals surface area contributed by atoms with Crippen LogP contribution in [0.25, 0.3) is 16.7 Å². The van der Waals surface area contributed by atoms with Gasteiger partial charge in [-0.1, -0.05) is 23.4 Å². The van der Waals surface area contributed by atoms with Crippen molar-refractivity contribution in [2.24, 2.45) is 0 Å². The number of nitriles is 1. The second-order valence-electron chi connectivity index (χ2n) is 4.12. The minimum Gasteiger partial charge on any atom is -0.211 e. The van der Waals surface area contributed by atoms with Crippen LogP contribution in [-0.4, -0.2) is 15.0 Å². The van der Waals surface area contributed by atoms with Gasteiger partial charge in [0, 0.05) is 0 Å². The molecule has 18 heavy (non-hydrogen) atoms. The number of rotatable bonds is 1. The van der Waals surface area contributed by atoms with E-state index in [4.69, 9.17) is 0 Å². The molecule has 0 atom stereocenters. The van der Waals surface area contributed by atoms with Crippen LogP contribution < -0.4 is 0 Å². The zero-order valence-corrected chi connectivity index (χ0v) is 9.83. The summed E-state index contributed by atoms with van der Waals surface area (Å²) in [6.07, 6.45) is 0. The summed E-state index contributed by atoms with van der Waals surface area (Å²) in [7, 11) is 0. The van der Waals surface area contributed by atoms with E-state index in [0.29, 0.717) is 5.56 Å². The molecule has 0 N–H and O–H groups in total. The predicted molar refractivity (Wildman–Crippen MR) is 68.3 cm³/mol. The number of aromatic nitrogens is 3. The zero-order chi connectivity index (χ0) is 12.5. The van der Waals surface area contributed by atoms with Gasteiger partial charge >= 0.3 is 0 Å². The van der Waals surface area contributed by atoms with Gasteiger partial charge < -0.3 is 0 Å². The summed E-state index contributed by atoms with van der Waals surface area (Å²) in [6, 6.07) is 15.6. The van der Waals surface area contributed by atoms with Gasteiger partial charge in [-0.3, -0.25) is 0 Å². The van der Waals surface area contributed by atoms with Gasteiger partial charge in [0.25, 0.3) is 0 Å². The van der Waals surface area contributed by atoms with E-state index in [2.05, 4.69) is 16.4 Å². The Kier molecular flexibility index (Phi) is 2.31. The maximum absolute atomic E-state index is 9.20. The highest BCUT2D eigenvalue weighted by molar-refractivity contribution is 5.76. The molecule has 0 radical (unpaired) electrons. The summed E-state index contributed by atoms with van der Waals surface area (Å²) in [4.78, 5) is 0. The van der Waals surface area contributed by atoms with Crippen molar-refractivity contribution in [1.29, 1.82) is 5.26 Å². The molecular formula is C14H10N4. The van der Waals surface area contributed by atoms with Crippen molar-refractivity contribution in [3.05, 3.63) is 53.6 Å². The van der Waals surface area contributed by atoms with Crippen LogP contribution in [0.1, 0.15) is 11.1 Å². The fraction of sp³-hybridized carbons (Fsp3) is 0.0714. The van der Waals surface area contributed by atoms with Crippen molar-refractivity contribution >= 4 is 11.0 Å². The molecule has 1 heterocycles. The topological polar surface area (TPSA) is 54.5 Å². The van der Waals surface area contributed by atoms with Crippen molar-refractivity contribution in [3.8, 4) is 11.8 Å². The minimum atomic E-state index is 0.602. The molecule has 4 heteroatoms. The average Bonchev–Trinajstić information content (AvgIpc) is 2.82. The molecule has 0 unspecified atom stereocenters. The average molecular weight is 234 g/mol. The lowest BCUT2D eigenvalue weighted by Crippen LogP contribution is -2.00. The van der Waals surface area contributed by atoms with Crippen LogP contribution in [0.15, 0.2) is 42.5 Å². The maximum Gasteiger partial charge on any atom is 0.113 e. The molecule has 3 aromatic rings. The Morgan fingerprint density at radius 2 is 2.00 bits per heavy atom. The third-order valence-corrected chi connectivity index (χ3v) is 2.85. The molecule has 0 saturated carbocycles. The van der Waals surface area contributed by atoms with E-state index in [1.807, 2.05) is 49.4 Å². The summed E-state index contributed by atoms with van der Waals surface area (Å²) < 4.78 is 1.70. The zero-order valence-electron chi connectivity index (χ0n) is 9.83. The van der Waals surface area contributed by atoms with Gasteiger partial charge in [-0.05, 0) is 36.8 Å². The van der Waals surface area contributed by atoms with E-state index >= 15 is 0 Å². The van der Waals surface area contributed by atoms with E-state index in [1.54, 1.807) is 4.68 Å². The second kappa shape index (κ2) is 3.97. The number of hydrogen-bond donors (Lipinski definition) is 0. The Hall–Kier alpha value is -2.67. The molecule has 0 aliphatic rings. The Labute approximate surface area is 104 Å². The van der Waals surface area contributed by atoms with Crippen molar-refractivity contribution in [3.63, 3.8) is 0 Å². The van der Waals surface area contributed by atoms with E-state index in [9.17, 15) is 5.26 Å². The summed E-state index contributed by atoms with van der Waals surface area (Å²) >= 11 is 0. The Morgan fingerprint density at radius 3 is 2.83 bits per heavy atom. The molecule has 1 aromatic heterocycles. The van der Waals surface area contributed by atoms with Gasteiger partial charge in [-0.15, -0.1) is 5.10 Å². The minimum absolute atomic E-state index is 0.602. The molecule has 0 spiro atoms. The van der Waals surface area contributed by atoms with Gasteiger partial charge in [0.05, 0.1) is 16.8 Å². The van der Waals surface area contributed by atoms with Gasteiger partial charge in [-0.2, -0.15) is 5.26 Å². The molecule has 86 valence electrons. The van der Waals surface area contributed by atoms with Gasteiger partial charge in [0.2, 0.25) is 0 Å². The largest absolute Gasteiger partial charge is 0.211 e. The third-order valence-electron chi connectivity index (χ3n) is 2.85. The SMILES string of the molecule is Cc1ccc(-n2nnc3ccccc32)c(C#N)c1. The number of aryl methyl sites for hydroxylation is 1. The smallest absolute Gasteiger partial charge is 0.113 e. The van der Waals surface area contributed by atoms with Crippen molar-refractivity contribution in [1.82, 2.24) is 15.0 Å². The van der Waals surface area contributed by atoms with Gasteiger partial charge in [-0.25, -0.2) is 4.68 Å². The Morgan fingerprint density at radius 1 is 1.17 bits per heavy atom. The number of fused-ring (bicyclic) bond motifs is 1. The molecule has 0 fully saturated rings. The highest BCUT2D eigenvalue weighted by atomic mass is 15.4. The van der Waals surface area contributed by atoms with Crippen LogP contribution in [-0.2, 0) is 0 Å². The summed E-state index contributed by atoms with van der Waals surface area (Å²) in [5, 5.41) is 17.4. The lowest BCUT2D eigenvalue weighted by atomic mass is 10.1. The van der Waals surface area contributed by atoms with E-state index < -0.39 is 0 Å². The lowest BCUT2D eigenvalue weighted by Gasteiger charge is -2.05. The molecule has 0 amide bonds. The number of benzene rings is 2. The Balaban J connectivity index is 2.30. The first-order valence-corrected chi connectivity index (χ1v) is 5.61. The Bertz CT molecular complexity index is 765. The first kappa shape index (κ1) is 10.5. The first-order valence-electron chi connectivity index (χ1n) is 5.61. The molecule has 4 nitrogen and oxygen atoms in total. The molecule has 0 saturated heterocycles. The maximum atomic E-state index is 9.20. The fourth-order valence-electron chi connectivity index (χ4n) is 1.97. The first-order chi connectivity index (χ1) is 8.79. The number of hydrogen-bond acceptors (Lipinski definition) is 3. The van der Waals surface area contributed by atoms with Crippen LogP contribution in [0, 0.1) is 18.3 Å². The summed E-state index contributed by atoms with van der Waals surface area (Å²) in [5.74, 6) is 0. The van der Waals surface area contributed by atoms with E-state index in [1.165, 1.54) is 0 Å². The summed E-state index contributed by atoms with van der Waals surface area (Å²) in [5.41, 5.74) is 4.14. The highest BCUT2D eigenvalue weighted by Gasteiger charge is 2.09. The van der Waals surface area contributed by atoms with Crippen LogP contribution in [0.5, 0.6) is 0 Å². The van der Waals surface area contributed by atoms with E-state index in [0.717, 1.165) is 22.3 Å². The highest BCUT2D eigenvalue weighted by Crippen LogP contribution is 2.19. The van der Waals surface area contributed by atoms with Crippen LogP contribution in [0.4, 0.5) is 0 Å². The molecular weight excluding hydrogens is 224 g/mol. The lowest BCUT2D eigenvalue weighted by molar-refractivity contribution is 0.821.